The fourth-order valence-electron chi connectivity index (χ4n) is 2.05. The smallest absolute Gasteiger partial charge is 0.240 e. The highest BCUT2D eigenvalue weighted by atomic mass is 32.2. The minimum atomic E-state index is -3.39. The van der Waals surface area contributed by atoms with Gasteiger partial charge in [-0.15, -0.1) is 0 Å². The van der Waals surface area contributed by atoms with Crippen molar-refractivity contribution in [1.82, 2.24) is 4.72 Å². The third-order valence-corrected chi connectivity index (χ3v) is 4.91. The first-order valence-corrected chi connectivity index (χ1v) is 8.61. The van der Waals surface area contributed by atoms with Crippen LogP contribution in [0, 0.1) is 0 Å². The lowest BCUT2D eigenvalue weighted by Crippen LogP contribution is -2.32. The van der Waals surface area contributed by atoms with E-state index in [1.807, 2.05) is 12.1 Å². The minimum absolute atomic E-state index is 0.116. The molecule has 0 aliphatic heterocycles. The van der Waals surface area contributed by atoms with Gasteiger partial charge in [-0.2, -0.15) is 0 Å². The zero-order valence-electron chi connectivity index (χ0n) is 12.3. The van der Waals surface area contributed by atoms with Gasteiger partial charge in [-0.05, 0) is 37.1 Å². The first-order valence-electron chi connectivity index (χ1n) is 7.13. The monoisotopic (exact) mass is 313 g/mol. The lowest BCUT2D eigenvalue weighted by molar-refractivity contribution is 0.205. The van der Waals surface area contributed by atoms with Crippen molar-refractivity contribution in [2.45, 2.75) is 23.8 Å². The fraction of sp³-hybridized carbons (Fsp3) is 0.571. The van der Waals surface area contributed by atoms with E-state index >= 15 is 0 Å². The van der Waals surface area contributed by atoms with Gasteiger partial charge < -0.3 is 15.4 Å². The van der Waals surface area contributed by atoms with Crippen LogP contribution in [-0.4, -0.2) is 47.8 Å². The standard InChI is InChI=1S/C14H23N3O3S/c1-20-11-10-17(9-8-15)13-4-6-14(7-5-13)21(18,19)16-12-2-3-12/h4-7,12,16H,2-3,8-11,15H2,1H3. The van der Waals surface area contributed by atoms with Crippen LogP contribution in [0.2, 0.25) is 0 Å². The maximum Gasteiger partial charge on any atom is 0.240 e. The van der Waals surface area contributed by atoms with Gasteiger partial charge in [0.15, 0.2) is 0 Å². The number of hydrogen-bond donors (Lipinski definition) is 2. The van der Waals surface area contributed by atoms with Crippen LogP contribution >= 0.6 is 0 Å². The lowest BCUT2D eigenvalue weighted by atomic mass is 10.3. The molecule has 0 radical (unpaired) electrons. The SMILES string of the molecule is COCCN(CCN)c1ccc(S(=O)(=O)NC2CC2)cc1. The predicted octanol–water partition coefficient (Wildman–Crippen LogP) is 0.539. The van der Waals surface area contributed by atoms with Crippen molar-refractivity contribution in [3.8, 4) is 0 Å². The van der Waals surface area contributed by atoms with Crippen molar-refractivity contribution in [1.29, 1.82) is 0 Å². The molecule has 2 rings (SSSR count). The molecule has 118 valence electrons. The molecule has 7 heteroatoms. The topological polar surface area (TPSA) is 84.7 Å². The number of rotatable bonds is 9. The van der Waals surface area contributed by atoms with Crippen LogP contribution in [0.25, 0.3) is 0 Å². The summed E-state index contributed by atoms with van der Waals surface area (Å²) in [6.45, 7) is 2.56. The molecule has 6 nitrogen and oxygen atoms in total. The number of benzene rings is 1. The number of nitrogens with zero attached hydrogens (tertiary/aromatic N) is 1. The molecule has 0 heterocycles. The van der Waals surface area contributed by atoms with E-state index in [9.17, 15) is 8.42 Å². The van der Waals surface area contributed by atoms with Gasteiger partial charge in [0.05, 0.1) is 11.5 Å². The Morgan fingerprint density at radius 3 is 2.48 bits per heavy atom. The average molecular weight is 313 g/mol. The summed E-state index contributed by atoms with van der Waals surface area (Å²) in [7, 11) is -1.73. The highest BCUT2D eigenvalue weighted by molar-refractivity contribution is 7.89. The first-order chi connectivity index (χ1) is 10.1. The molecule has 0 atom stereocenters. The van der Waals surface area contributed by atoms with E-state index in [4.69, 9.17) is 10.5 Å². The summed E-state index contributed by atoms with van der Waals surface area (Å²) in [6.07, 6.45) is 1.86. The van der Waals surface area contributed by atoms with E-state index in [1.165, 1.54) is 0 Å². The fourth-order valence-corrected chi connectivity index (χ4v) is 3.36. The second-order valence-electron chi connectivity index (χ2n) is 5.16. The van der Waals surface area contributed by atoms with Crippen molar-refractivity contribution >= 4 is 15.7 Å². The Morgan fingerprint density at radius 2 is 1.95 bits per heavy atom. The number of methoxy groups -OCH3 is 1. The summed E-state index contributed by atoms with van der Waals surface area (Å²) in [6, 6.07) is 7.01. The van der Waals surface area contributed by atoms with Gasteiger partial charge in [-0.3, -0.25) is 0 Å². The van der Waals surface area contributed by atoms with Crippen molar-refractivity contribution in [3.63, 3.8) is 0 Å². The van der Waals surface area contributed by atoms with Crippen LogP contribution in [0.4, 0.5) is 5.69 Å². The van der Waals surface area contributed by atoms with Crippen LogP contribution in [0.1, 0.15) is 12.8 Å². The zero-order chi connectivity index (χ0) is 15.3. The van der Waals surface area contributed by atoms with Gasteiger partial charge in [-0.1, -0.05) is 0 Å². The first kappa shape index (κ1) is 16.2. The van der Waals surface area contributed by atoms with Crippen LogP contribution in [0.15, 0.2) is 29.2 Å². The Morgan fingerprint density at radius 1 is 1.29 bits per heavy atom. The maximum atomic E-state index is 12.1. The van der Waals surface area contributed by atoms with E-state index in [0.29, 0.717) is 24.6 Å². The summed E-state index contributed by atoms with van der Waals surface area (Å²) in [5, 5.41) is 0. The molecule has 0 unspecified atom stereocenters. The van der Waals surface area contributed by atoms with E-state index in [-0.39, 0.29) is 6.04 Å². The Bertz CT molecular complexity index is 541. The largest absolute Gasteiger partial charge is 0.383 e. The molecule has 1 fully saturated rings. The number of anilines is 1. The van der Waals surface area contributed by atoms with E-state index < -0.39 is 10.0 Å². The van der Waals surface area contributed by atoms with Crippen LogP contribution < -0.4 is 15.4 Å². The number of sulfonamides is 1. The number of nitrogens with one attached hydrogen (secondary N) is 1. The molecule has 0 bridgehead atoms. The molecular weight excluding hydrogens is 290 g/mol. The number of hydrogen-bond acceptors (Lipinski definition) is 5. The minimum Gasteiger partial charge on any atom is -0.383 e. The molecule has 1 aliphatic rings. The van der Waals surface area contributed by atoms with Crippen LogP contribution in [0.3, 0.4) is 0 Å². The average Bonchev–Trinajstić information content (AvgIpc) is 3.27. The summed E-state index contributed by atoms with van der Waals surface area (Å²) in [5.41, 5.74) is 6.56. The van der Waals surface area contributed by atoms with Gasteiger partial charge in [-0.25, -0.2) is 13.1 Å². The van der Waals surface area contributed by atoms with Crippen molar-refractivity contribution in [2.24, 2.45) is 5.73 Å². The Labute approximate surface area is 126 Å². The highest BCUT2D eigenvalue weighted by Crippen LogP contribution is 2.23. The number of nitrogens with two attached hydrogens (primary N) is 1. The van der Waals surface area contributed by atoms with Gasteiger partial charge in [0.1, 0.15) is 0 Å². The summed E-state index contributed by atoms with van der Waals surface area (Å²) < 4.78 is 31.9. The van der Waals surface area contributed by atoms with Gasteiger partial charge in [0.2, 0.25) is 10.0 Å². The normalized spacial score (nSPS) is 15.1. The molecule has 1 aromatic rings. The van der Waals surface area contributed by atoms with E-state index in [0.717, 1.165) is 25.1 Å². The molecule has 21 heavy (non-hydrogen) atoms. The number of ether oxygens (including phenoxy) is 1. The van der Waals surface area contributed by atoms with E-state index in [2.05, 4.69) is 9.62 Å². The van der Waals surface area contributed by atoms with E-state index in [1.54, 1.807) is 19.2 Å². The Hall–Kier alpha value is -1.15. The second kappa shape index (κ2) is 7.22. The molecule has 1 aromatic carbocycles. The molecule has 0 amide bonds. The molecule has 0 spiro atoms. The Balaban J connectivity index is 2.08. The quantitative estimate of drug-likeness (QED) is 0.695. The van der Waals surface area contributed by atoms with Gasteiger partial charge in [0, 0.05) is 38.5 Å². The van der Waals surface area contributed by atoms with Gasteiger partial charge in [0.25, 0.3) is 0 Å². The third-order valence-electron chi connectivity index (χ3n) is 3.38. The third kappa shape index (κ3) is 4.67. The van der Waals surface area contributed by atoms with Crippen LogP contribution in [0.5, 0.6) is 0 Å². The van der Waals surface area contributed by atoms with Crippen molar-refractivity contribution < 1.29 is 13.2 Å². The molecule has 1 aliphatic carbocycles. The molecule has 0 aromatic heterocycles. The van der Waals surface area contributed by atoms with Crippen molar-refractivity contribution in [2.75, 3.05) is 38.3 Å². The Kier molecular flexibility index (Phi) is 5.58. The molecule has 1 saturated carbocycles. The zero-order valence-corrected chi connectivity index (χ0v) is 13.1. The molecule has 3 N–H and O–H groups in total. The summed E-state index contributed by atoms with van der Waals surface area (Å²) >= 11 is 0. The van der Waals surface area contributed by atoms with Gasteiger partial charge >= 0.3 is 0 Å². The highest BCUT2D eigenvalue weighted by Gasteiger charge is 2.27. The second-order valence-corrected chi connectivity index (χ2v) is 6.87. The summed E-state index contributed by atoms with van der Waals surface area (Å²) in [5.74, 6) is 0. The predicted molar refractivity (Wildman–Crippen MR) is 82.9 cm³/mol. The van der Waals surface area contributed by atoms with Crippen LogP contribution in [-0.2, 0) is 14.8 Å². The summed E-state index contributed by atoms with van der Waals surface area (Å²) in [4.78, 5) is 2.38. The van der Waals surface area contributed by atoms with Crippen molar-refractivity contribution in [3.05, 3.63) is 24.3 Å². The lowest BCUT2D eigenvalue weighted by Gasteiger charge is -2.24. The molecular formula is C14H23N3O3S. The molecule has 0 saturated heterocycles. The maximum absolute atomic E-state index is 12.1.